The Hall–Kier alpha value is 0.550. The van der Waals surface area contributed by atoms with Gasteiger partial charge in [-0.15, -0.1) is 0 Å². The molecule has 5 heteroatoms. The topological polar surface area (TPSA) is 41.1 Å². The predicted molar refractivity (Wildman–Crippen MR) is 86.2 cm³/mol. The van der Waals surface area contributed by atoms with Gasteiger partial charge in [0.1, 0.15) is 5.78 Å². The van der Waals surface area contributed by atoms with Crippen molar-refractivity contribution >= 4 is 37.6 Å². The molecule has 0 radical (unpaired) electrons. The van der Waals surface area contributed by atoms with E-state index in [-0.39, 0.29) is 5.92 Å². The number of nitrogens with one attached hydrogen (secondary N) is 2. The molecule has 0 amide bonds. The number of halogens is 2. The summed E-state index contributed by atoms with van der Waals surface area (Å²) >= 11 is 7.68. The van der Waals surface area contributed by atoms with Gasteiger partial charge in [-0.05, 0) is 25.2 Å². The zero-order chi connectivity index (χ0) is 13.9. The van der Waals surface area contributed by atoms with Crippen LogP contribution in [-0.4, -0.2) is 34.2 Å². The highest BCUT2D eigenvalue weighted by atomic mass is 79.9. The van der Waals surface area contributed by atoms with E-state index in [9.17, 15) is 4.79 Å². The zero-order valence-corrected chi connectivity index (χ0v) is 14.7. The number of alkyl halides is 2. The van der Waals surface area contributed by atoms with Crippen LogP contribution in [0.3, 0.4) is 0 Å². The number of carbonyl (C=O) groups is 1. The van der Waals surface area contributed by atoms with Crippen molar-refractivity contribution in [3.05, 3.63) is 0 Å². The van der Waals surface area contributed by atoms with Crippen molar-refractivity contribution in [1.82, 2.24) is 10.6 Å². The van der Waals surface area contributed by atoms with Crippen molar-refractivity contribution in [1.29, 1.82) is 0 Å². The van der Waals surface area contributed by atoms with Gasteiger partial charge in [-0.3, -0.25) is 4.79 Å². The fourth-order valence-corrected chi connectivity index (χ4v) is 7.81. The molecule has 0 aromatic heterocycles. The highest BCUT2D eigenvalue weighted by Gasteiger charge is 2.58. The average molecular weight is 406 g/mol. The first-order valence-electron chi connectivity index (χ1n) is 7.97. The number of Topliss-reactive ketones (excluding diaryl/α,β-unsaturated/α-hetero) is 1. The van der Waals surface area contributed by atoms with E-state index in [0.717, 1.165) is 19.5 Å². The molecule has 0 bridgehead atoms. The van der Waals surface area contributed by atoms with Gasteiger partial charge in [-0.2, -0.15) is 0 Å². The van der Waals surface area contributed by atoms with Crippen LogP contribution in [0.15, 0.2) is 0 Å². The van der Waals surface area contributed by atoms with Gasteiger partial charge in [0.2, 0.25) is 0 Å². The second-order valence-corrected chi connectivity index (χ2v) is 9.32. The lowest BCUT2D eigenvalue weighted by Gasteiger charge is -2.57. The Morgan fingerprint density at radius 1 is 1.00 bits per heavy atom. The van der Waals surface area contributed by atoms with E-state index in [4.69, 9.17) is 0 Å². The third-order valence-corrected chi connectivity index (χ3v) is 8.01. The lowest BCUT2D eigenvalue weighted by Crippen LogP contribution is -2.72. The number of fused-ring (bicyclic) bond motifs is 2. The quantitative estimate of drug-likeness (QED) is 0.608. The van der Waals surface area contributed by atoms with Crippen molar-refractivity contribution in [2.24, 2.45) is 23.7 Å². The lowest BCUT2D eigenvalue weighted by atomic mass is 9.55. The summed E-state index contributed by atoms with van der Waals surface area (Å²) < 4.78 is 0. The summed E-state index contributed by atoms with van der Waals surface area (Å²) in [6, 6.07) is 0.988. The summed E-state index contributed by atoms with van der Waals surface area (Å²) in [5.74, 6) is 2.14. The molecule has 4 rings (SSSR count). The van der Waals surface area contributed by atoms with Crippen LogP contribution in [0.4, 0.5) is 0 Å². The Morgan fingerprint density at radius 2 is 1.75 bits per heavy atom. The van der Waals surface area contributed by atoms with Crippen molar-refractivity contribution in [2.45, 2.75) is 53.8 Å². The SMILES string of the molecule is O=C1C2CCCCC2C2NCNC3C(Br)CC(Br)C1C32. The normalized spacial score (nSPS) is 55.0. The lowest BCUT2D eigenvalue weighted by molar-refractivity contribution is -0.142. The summed E-state index contributed by atoms with van der Waals surface area (Å²) in [5, 5.41) is 7.31. The molecule has 3 saturated carbocycles. The van der Waals surface area contributed by atoms with Crippen LogP contribution < -0.4 is 10.6 Å². The molecular weight excluding hydrogens is 384 g/mol. The monoisotopic (exact) mass is 404 g/mol. The van der Waals surface area contributed by atoms with Gasteiger partial charge in [0.25, 0.3) is 0 Å². The number of rotatable bonds is 0. The van der Waals surface area contributed by atoms with Crippen LogP contribution in [0.2, 0.25) is 0 Å². The Morgan fingerprint density at radius 3 is 2.60 bits per heavy atom. The van der Waals surface area contributed by atoms with E-state index < -0.39 is 0 Å². The van der Waals surface area contributed by atoms with Gasteiger partial charge >= 0.3 is 0 Å². The van der Waals surface area contributed by atoms with E-state index in [1.165, 1.54) is 19.3 Å². The maximum atomic E-state index is 13.0. The number of hydrogen-bond acceptors (Lipinski definition) is 3. The minimum atomic E-state index is 0.207. The molecule has 4 aliphatic rings. The van der Waals surface area contributed by atoms with Crippen LogP contribution >= 0.6 is 31.9 Å². The van der Waals surface area contributed by atoms with E-state index in [1.54, 1.807) is 0 Å². The fourth-order valence-electron chi connectivity index (χ4n) is 5.35. The zero-order valence-electron chi connectivity index (χ0n) is 11.5. The predicted octanol–water partition coefficient (Wildman–Crippen LogP) is 2.43. The van der Waals surface area contributed by atoms with Gasteiger partial charge < -0.3 is 10.6 Å². The molecule has 0 spiro atoms. The molecule has 3 nitrogen and oxygen atoms in total. The van der Waals surface area contributed by atoms with E-state index >= 15 is 0 Å². The van der Waals surface area contributed by atoms with Crippen molar-refractivity contribution in [3.8, 4) is 0 Å². The second-order valence-electron chi connectivity index (χ2n) is 6.96. The van der Waals surface area contributed by atoms with Gasteiger partial charge in [-0.25, -0.2) is 0 Å². The molecule has 1 aliphatic heterocycles. The van der Waals surface area contributed by atoms with Crippen LogP contribution in [0.5, 0.6) is 0 Å². The molecule has 8 atom stereocenters. The van der Waals surface area contributed by atoms with Gasteiger partial charge in [0.15, 0.2) is 0 Å². The fraction of sp³-hybridized carbons (Fsp3) is 0.933. The largest absolute Gasteiger partial charge is 0.301 e. The number of carbonyl (C=O) groups excluding carboxylic acids is 1. The first kappa shape index (κ1) is 14.2. The molecule has 20 heavy (non-hydrogen) atoms. The average Bonchev–Trinajstić information content (AvgIpc) is 2.46. The second kappa shape index (κ2) is 5.32. The summed E-state index contributed by atoms with van der Waals surface area (Å²) in [6.07, 6.45) is 5.96. The Labute approximate surface area is 137 Å². The minimum absolute atomic E-state index is 0.207. The third kappa shape index (κ3) is 1.99. The Bertz CT molecular complexity index is 419. The molecule has 0 aromatic rings. The first-order valence-corrected chi connectivity index (χ1v) is 9.80. The Balaban J connectivity index is 1.73. The van der Waals surface area contributed by atoms with Crippen molar-refractivity contribution in [3.63, 3.8) is 0 Å². The summed E-state index contributed by atoms with van der Waals surface area (Å²) in [6.45, 7) is 0.894. The smallest absolute Gasteiger partial charge is 0.140 e. The summed E-state index contributed by atoms with van der Waals surface area (Å²) in [5.41, 5.74) is 0. The standard InChI is InChI=1S/C15H22Br2N2O/c16-9-5-10(17)14-12-11(9)15(20)8-4-2-1-3-7(8)13(12)18-6-19-14/h7-14,18-19H,1-6H2. The first-order chi connectivity index (χ1) is 9.68. The highest BCUT2D eigenvalue weighted by molar-refractivity contribution is 9.10. The third-order valence-electron chi connectivity index (χ3n) is 6.12. The molecule has 3 aliphatic carbocycles. The highest BCUT2D eigenvalue weighted by Crippen LogP contribution is 2.51. The number of ketones is 1. The Kier molecular flexibility index (Phi) is 3.77. The van der Waals surface area contributed by atoms with E-state index in [0.29, 0.717) is 45.3 Å². The van der Waals surface area contributed by atoms with Crippen molar-refractivity contribution in [2.75, 3.05) is 6.67 Å². The maximum Gasteiger partial charge on any atom is 0.140 e. The van der Waals surface area contributed by atoms with Crippen LogP contribution in [0, 0.1) is 23.7 Å². The summed E-state index contributed by atoms with van der Waals surface area (Å²) in [4.78, 5) is 13.9. The molecule has 2 N–H and O–H groups in total. The molecule has 112 valence electrons. The molecular formula is C15H22Br2N2O. The van der Waals surface area contributed by atoms with Crippen LogP contribution in [0.1, 0.15) is 32.1 Å². The summed E-state index contributed by atoms with van der Waals surface area (Å²) in [7, 11) is 0. The van der Waals surface area contributed by atoms with Gasteiger partial charge in [0.05, 0.1) is 0 Å². The molecule has 0 aromatic carbocycles. The van der Waals surface area contributed by atoms with Gasteiger partial charge in [-0.1, -0.05) is 44.7 Å². The molecule has 1 heterocycles. The van der Waals surface area contributed by atoms with E-state index in [1.807, 2.05) is 0 Å². The van der Waals surface area contributed by atoms with Crippen LogP contribution in [0.25, 0.3) is 0 Å². The van der Waals surface area contributed by atoms with E-state index in [2.05, 4.69) is 42.5 Å². The minimum Gasteiger partial charge on any atom is -0.301 e. The van der Waals surface area contributed by atoms with Crippen LogP contribution in [-0.2, 0) is 4.79 Å². The maximum absolute atomic E-state index is 13.0. The van der Waals surface area contributed by atoms with Gasteiger partial charge in [0, 0.05) is 46.2 Å². The number of hydrogen-bond donors (Lipinski definition) is 2. The molecule has 1 saturated heterocycles. The molecule has 8 unspecified atom stereocenters. The molecule has 4 fully saturated rings. The van der Waals surface area contributed by atoms with Crippen molar-refractivity contribution < 1.29 is 4.79 Å².